The van der Waals surface area contributed by atoms with Crippen LogP contribution in [0.4, 0.5) is 5.82 Å². The minimum Gasteiger partial charge on any atom is -0.393 e. The number of rotatable bonds is 6. The third kappa shape index (κ3) is 2.78. The van der Waals surface area contributed by atoms with Crippen LogP contribution in [0.15, 0.2) is 24.8 Å². The topological polar surface area (TPSA) is 96.1 Å². The number of imidazole rings is 1. The predicted molar refractivity (Wildman–Crippen MR) is 74.2 cm³/mol. The summed E-state index contributed by atoms with van der Waals surface area (Å²) in [6.07, 6.45) is 8.08. The number of aliphatic hydroxyl groups is 2. The molecule has 2 heterocycles. The molecule has 1 atom stereocenters. The van der Waals surface area contributed by atoms with Crippen LogP contribution in [-0.4, -0.2) is 48.5 Å². The molecular formula is C13H17N5O2. The number of nitrogens with zero attached hydrogens (tertiary/aromatic N) is 4. The van der Waals surface area contributed by atoms with Gasteiger partial charge in [0.15, 0.2) is 11.5 Å². The van der Waals surface area contributed by atoms with Crippen molar-refractivity contribution in [1.82, 2.24) is 19.5 Å². The number of fused-ring (bicyclic) bond motifs is 1. The van der Waals surface area contributed by atoms with Gasteiger partial charge in [-0.2, -0.15) is 0 Å². The number of anilines is 1. The zero-order chi connectivity index (χ0) is 13.9. The van der Waals surface area contributed by atoms with E-state index in [0.29, 0.717) is 12.6 Å². The van der Waals surface area contributed by atoms with Gasteiger partial charge in [0.05, 0.1) is 19.0 Å². The molecule has 0 amide bonds. The summed E-state index contributed by atoms with van der Waals surface area (Å²) < 4.78 is 1.87. The van der Waals surface area contributed by atoms with E-state index in [1.165, 1.54) is 19.2 Å². The quantitative estimate of drug-likeness (QED) is 0.657. The van der Waals surface area contributed by atoms with Crippen LogP contribution < -0.4 is 5.32 Å². The van der Waals surface area contributed by atoms with E-state index in [-0.39, 0.29) is 6.61 Å². The van der Waals surface area contributed by atoms with Crippen LogP contribution in [0.2, 0.25) is 0 Å². The van der Waals surface area contributed by atoms with Crippen LogP contribution in [0.3, 0.4) is 0 Å². The van der Waals surface area contributed by atoms with E-state index in [2.05, 4.69) is 20.3 Å². The fourth-order valence-corrected chi connectivity index (χ4v) is 1.93. The average molecular weight is 275 g/mol. The zero-order valence-electron chi connectivity index (χ0n) is 11.0. The van der Waals surface area contributed by atoms with E-state index in [4.69, 9.17) is 5.11 Å². The highest BCUT2D eigenvalue weighted by atomic mass is 16.3. The minimum absolute atomic E-state index is 0.279. The van der Waals surface area contributed by atoms with Crippen LogP contribution >= 0.6 is 0 Å². The van der Waals surface area contributed by atoms with Crippen molar-refractivity contribution in [2.45, 2.75) is 31.5 Å². The number of nitrogens with one attached hydrogen (secondary N) is 1. The maximum absolute atomic E-state index is 9.25. The first-order chi connectivity index (χ1) is 9.78. The van der Waals surface area contributed by atoms with Gasteiger partial charge in [-0.05, 0) is 12.8 Å². The monoisotopic (exact) mass is 275 g/mol. The highest BCUT2D eigenvalue weighted by molar-refractivity contribution is 5.82. The molecule has 3 N–H and O–H groups in total. The van der Waals surface area contributed by atoms with Crippen molar-refractivity contribution in [3.63, 3.8) is 0 Å². The third-order valence-corrected chi connectivity index (χ3v) is 3.17. The Hall–Kier alpha value is -1.99. The summed E-state index contributed by atoms with van der Waals surface area (Å²) in [7, 11) is 0. The molecule has 7 heteroatoms. The molecule has 1 unspecified atom stereocenters. The Balaban J connectivity index is 1.80. The van der Waals surface area contributed by atoms with Gasteiger partial charge in [0.25, 0.3) is 0 Å². The van der Waals surface area contributed by atoms with E-state index >= 15 is 0 Å². The van der Waals surface area contributed by atoms with Crippen molar-refractivity contribution >= 4 is 17.0 Å². The molecule has 7 nitrogen and oxygen atoms in total. The highest BCUT2D eigenvalue weighted by Crippen LogP contribution is 2.26. The molecule has 0 radical (unpaired) electrons. The Kier molecular flexibility index (Phi) is 3.62. The Morgan fingerprint density at radius 2 is 2.25 bits per heavy atom. The number of hydrogen-bond donors (Lipinski definition) is 3. The van der Waals surface area contributed by atoms with E-state index in [9.17, 15) is 5.11 Å². The first kappa shape index (κ1) is 13.0. The van der Waals surface area contributed by atoms with Crippen molar-refractivity contribution in [1.29, 1.82) is 0 Å². The summed E-state index contributed by atoms with van der Waals surface area (Å²) >= 11 is 0. The second-order valence-electron chi connectivity index (χ2n) is 4.89. The SMILES string of the molecule is OCC(O)C=CCn1cnc2c(NC3CC3)ncnc21. The van der Waals surface area contributed by atoms with Gasteiger partial charge < -0.3 is 20.1 Å². The van der Waals surface area contributed by atoms with Crippen molar-refractivity contribution < 1.29 is 10.2 Å². The maximum atomic E-state index is 9.25. The van der Waals surface area contributed by atoms with Gasteiger partial charge in [-0.15, -0.1) is 0 Å². The largest absolute Gasteiger partial charge is 0.393 e. The molecule has 0 saturated heterocycles. The van der Waals surface area contributed by atoms with Crippen molar-refractivity contribution in [3.8, 4) is 0 Å². The molecule has 1 aliphatic carbocycles. The Labute approximate surface area is 116 Å². The Morgan fingerprint density at radius 3 is 3.00 bits per heavy atom. The standard InChI is InChI=1S/C13H17N5O2/c19-6-10(20)2-1-5-18-8-16-11-12(17-9-3-4-9)14-7-15-13(11)18/h1-2,7-10,19-20H,3-6H2,(H,14,15,17). The van der Waals surface area contributed by atoms with Crippen LogP contribution in [-0.2, 0) is 6.54 Å². The number of aromatic nitrogens is 4. The molecule has 0 aliphatic heterocycles. The maximum Gasteiger partial charge on any atom is 0.165 e. The summed E-state index contributed by atoms with van der Waals surface area (Å²) in [6, 6.07) is 0.512. The van der Waals surface area contributed by atoms with Crippen molar-refractivity contribution in [2.75, 3.05) is 11.9 Å². The lowest BCUT2D eigenvalue weighted by Gasteiger charge is -2.04. The third-order valence-electron chi connectivity index (χ3n) is 3.17. The van der Waals surface area contributed by atoms with Gasteiger partial charge in [-0.25, -0.2) is 15.0 Å². The lowest BCUT2D eigenvalue weighted by molar-refractivity contribution is 0.131. The van der Waals surface area contributed by atoms with Gasteiger partial charge in [0.1, 0.15) is 11.8 Å². The fraction of sp³-hybridized carbons (Fsp3) is 0.462. The molecule has 3 rings (SSSR count). The molecule has 106 valence electrons. The normalized spacial score (nSPS) is 16.9. The van der Waals surface area contributed by atoms with Gasteiger partial charge in [0.2, 0.25) is 0 Å². The molecule has 2 aromatic rings. The van der Waals surface area contributed by atoms with Crippen molar-refractivity contribution in [3.05, 3.63) is 24.8 Å². The minimum atomic E-state index is -0.827. The van der Waals surface area contributed by atoms with Gasteiger partial charge in [0, 0.05) is 12.6 Å². The number of hydrogen-bond acceptors (Lipinski definition) is 6. The smallest absolute Gasteiger partial charge is 0.165 e. The molecule has 1 saturated carbocycles. The van der Waals surface area contributed by atoms with E-state index < -0.39 is 6.10 Å². The molecule has 2 aromatic heterocycles. The van der Waals surface area contributed by atoms with Gasteiger partial charge >= 0.3 is 0 Å². The Bertz CT molecular complexity index is 620. The van der Waals surface area contributed by atoms with Crippen molar-refractivity contribution in [2.24, 2.45) is 0 Å². The second kappa shape index (κ2) is 5.56. The summed E-state index contributed by atoms with van der Waals surface area (Å²) in [5.74, 6) is 0.774. The predicted octanol–water partition coefficient (Wildman–Crippen LogP) is 0.310. The first-order valence-corrected chi connectivity index (χ1v) is 6.66. The summed E-state index contributed by atoms with van der Waals surface area (Å²) in [5.41, 5.74) is 1.52. The molecular weight excluding hydrogens is 258 g/mol. The van der Waals surface area contributed by atoms with Gasteiger partial charge in [-0.1, -0.05) is 12.2 Å². The summed E-state index contributed by atoms with van der Waals surface area (Å²) in [6.45, 7) is 0.256. The summed E-state index contributed by atoms with van der Waals surface area (Å²) in [5, 5.41) is 21.3. The number of allylic oxidation sites excluding steroid dienone is 1. The van der Waals surface area contributed by atoms with Crippen LogP contribution in [0, 0.1) is 0 Å². The first-order valence-electron chi connectivity index (χ1n) is 6.66. The van der Waals surface area contributed by atoms with Crippen LogP contribution in [0.1, 0.15) is 12.8 Å². The van der Waals surface area contributed by atoms with E-state index in [1.807, 2.05) is 4.57 Å². The van der Waals surface area contributed by atoms with E-state index in [1.54, 1.807) is 18.5 Å². The second-order valence-corrected chi connectivity index (χ2v) is 4.89. The molecule has 1 aliphatic rings. The average Bonchev–Trinajstić information content (AvgIpc) is 3.18. The summed E-state index contributed by atoms with van der Waals surface area (Å²) in [4.78, 5) is 12.8. The van der Waals surface area contributed by atoms with Gasteiger partial charge in [-0.3, -0.25) is 0 Å². The molecule has 0 aromatic carbocycles. The molecule has 20 heavy (non-hydrogen) atoms. The fourth-order valence-electron chi connectivity index (χ4n) is 1.93. The van der Waals surface area contributed by atoms with E-state index in [0.717, 1.165) is 17.0 Å². The Morgan fingerprint density at radius 1 is 1.40 bits per heavy atom. The lowest BCUT2D eigenvalue weighted by Crippen LogP contribution is -2.08. The highest BCUT2D eigenvalue weighted by Gasteiger charge is 2.23. The lowest BCUT2D eigenvalue weighted by atomic mass is 10.3. The molecule has 0 bridgehead atoms. The van der Waals surface area contributed by atoms with Crippen LogP contribution in [0.25, 0.3) is 11.2 Å². The molecule has 0 spiro atoms. The van der Waals surface area contributed by atoms with Crippen LogP contribution in [0.5, 0.6) is 0 Å². The zero-order valence-corrected chi connectivity index (χ0v) is 11.0. The number of aliphatic hydroxyl groups excluding tert-OH is 2. The molecule has 1 fully saturated rings.